The molecule has 1 amide bonds. The Kier molecular flexibility index (Phi) is 7.24. The molecule has 1 aliphatic heterocycles. The van der Waals surface area contributed by atoms with E-state index in [-0.39, 0.29) is 24.4 Å². The van der Waals surface area contributed by atoms with Crippen molar-refractivity contribution in [3.8, 4) is 17.3 Å². The van der Waals surface area contributed by atoms with E-state index in [4.69, 9.17) is 0 Å². The maximum Gasteiger partial charge on any atom is 0.416 e. The fraction of sp³-hybridized carbons (Fsp3) is 0.250. The highest BCUT2D eigenvalue weighted by molar-refractivity contribution is 7.89. The van der Waals surface area contributed by atoms with Gasteiger partial charge in [0.2, 0.25) is 15.9 Å². The molecule has 192 valence electrons. The second-order valence-corrected chi connectivity index (χ2v) is 10.2. The Bertz CT molecular complexity index is 1440. The lowest BCUT2D eigenvalue weighted by molar-refractivity contribution is -0.137. The highest BCUT2D eigenvalue weighted by Gasteiger charge is 2.44. The van der Waals surface area contributed by atoms with Crippen molar-refractivity contribution in [2.45, 2.75) is 30.1 Å². The molecule has 0 bridgehead atoms. The predicted octanol–water partition coefficient (Wildman–Crippen LogP) is 3.52. The van der Waals surface area contributed by atoms with Gasteiger partial charge in [-0.25, -0.2) is 22.8 Å². The van der Waals surface area contributed by atoms with Gasteiger partial charge in [0.05, 0.1) is 40.4 Å². The van der Waals surface area contributed by atoms with E-state index < -0.39 is 45.4 Å². The topological polar surface area (TPSA) is 116 Å². The first kappa shape index (κ1) is 26.2. The van der Waals surface area contributed by atoms with Crippen molar-refractivity contribution >= 4 is 15.9 Å². The van der Waals surface area contributed by atoms with Crippen molar-refractivity contribution in [2.24, 2.45) is 5.92 Å². The lowest BCUT2D eigenvalue weighted by Gasteiger charge is -2.23. The Morgan fingerprint density at radius 2 is 1.78 bits per heavy atom. The summed E-state index contributed by atoms with van der Waals surface area (Å²) in [6.07, 6.45) is -3.30. The number of nitrogens with one attached hydrogen (secondary N) is 1. The van der Waals surface area contributed by atoms with Gasteiger partial charge in [-0.2, -0.15) is 22.7 Å². The summed E-state index contributed by atoms with van der Waals surface area (Å²) in [4.78, 5) is 20.9. The molecular weight excluding hydrogens is 514 g/mol. The van der Waals surface area contributed by atoms with Gasteiger partial charge in [-0.15, -0.1) is 0 Å². The van der Waals surface area contributed by atoms with Gasteiger partial charge in [0.25, 0.3) is 0 Å². The van der Waals surface area contributed by atoms with Gasteiger partial charge in [-0.05, 0) is 48.9 Å². The van der Waals surface area contributed by atoms with Crippen molar-refractivity contribution in [2.75, 3.05) is 6.54 Å². The summed E-state index contributed by atoms with van der Waals surface area (Å²) in [6.45, 7) is -0.312. The summed E-state index contributed by atoms with van der Waals surface area (Å²) >= 11 is 0. The highest BCUT2D eigenvalue weighted by Crippen LogP contribution is 2.31. The second kappa shape index (κ2) is 10.2. The fourth-order valence-electron chi connectivity index (χ4n) is 3.92. The minimum absolute atomic E-state index is 0.0245. The summed E-state index contributed by atoms with van der Waals surface area (Å²) in [7, 11) is -4.18. The van der Waals surface area contributed by atoms with Crippen LogP contribution in [0, 0.1) is 23.1 Å². The molecule has 0 saturated carbocycles. The van der Waals surface area contributed by atoms with Gasteiger partial charge in [-0.1, -0.05) is 12.1 Å². The number of sulfonamides is 1. The molecule has 0 aliphatic carbocycles. The number of hydrogen-bond donors (Lipinski definition) is 1. The zero-order valence-electron chi connectivity index (χ0n) is 19.0. The van der Waals surface area contributed by atoms with Crippen molar-refractivity contribution in [1.29, 1.82) is 5.26 Å². The zero-order chi connectivity index (χ0) is 26.8. The van der Waals surface area contributed by atoms with Crippen LogP contribution in [0.2, 0.25) is 0 Å². The molecule has 1 saturated heterocycles. The smallest absolute Gasteiger partial charge is 0.349 e. The van der Waals surface area contributed by atoms with Crippen LogP contribution in [0.15, 0.2) is 65.8 Å². The number of aromatic nitrogens is 2. The van der Waals surface area contributed by atoms with E-state index in [1.807, 2.05) is 6.07 Å². The third-order valence-corrected chi connectivity index (χ3v) is 7.73. The van der Waals surface area contributed by atoms with Crippen molar-refractivity contribution in [3.05, 3.63) is 78.0 Å². The molecule has 2 atom stereocenters. The van der Waals surface area contributed by atoms with Crippen LogP contribution < -0.4 is 5.32 Å². The van der Waals surface area contributed by atoms with E-state index in [2.05, 4.69) is 15.3 Å². The maximum absolute atomic E-state index is 13.3. The van der Waals surface area contributed by atoms with E-state index >= 15 is 0 Å². The Balaban J connectivity index is 1.49. The highest BCUT2D eigenvalue weighted by atomic mass is 32.2. The SMILES string of the molecule is N#C[C@@H]1C[C@@H](C(=O)NCc2cc(-c3ccc(C(F)(F)F)cc3)ncn2)N(S(=O)(=O)c2ccc(F)cc2)C1. The summed E-state index contributed by atoms with van der Waals surface area (Å²) < 4.78 is 78.8. The van der Waals surface area contributed by atoms with Crippen LogP contribution in [-0.2, 0) is 27.5 Å². The summed E-state index contributed by atoms with van der Waals surface area (Å²) in [5.74, 6) is -1.99. The van der Waals surface area contributed by atoms with E-state index in [0.717, 1.165) is 40.7 Å². The van der Waals surface area contributed by atoms with Crippen LogP contribution in [0.25, 0.3) is 11.3 Å². The van der Waals surface area contributed by atoms with Crippen LogP contribution in [0.1, 0.15) is 17.7 Å². The number of nitriles is 1. The lowest BCUT2D eigenvalue weighted by Crippen LogP contribution is -2.45. The van der Waals surface area contributed by atoms with Crippen LogP contribution in [0.4, 0.5) is 17.6 Å². The molecule has 13 heteroatoms. The monoisotopic (exact) mass is 533 g/mol. The molecule has 1 aromatic heterocycles. The van der Waals surface area contributed by atoms with Crippen LogP contribution in [-0.4, -0.2) is 41.2 Å². The Morgan fingerprint density at radius 3 is 2.41 bits per heavy atom. The molecule has 1 N–H and O–H groups in total. The zero-order valence-corrected chi connectivity index (χ0v) is 19.8. The Hall–Kier alpha value is -3.89. The van der Waals surface area contributed by atoms with Crippen LogP contribution in [0.5, 0.6) is 0 Å². The van der Waals surface area contributed by atoms with E-state index in [9.17, 15) is 36.0 Å². The largest absolute Gasteiger partial charge is 0.416 e. The van der Waals surface area contributed by atoms with E-state index in [0.29, 0.717) is 17.0 Å². The third kappa shape index (κ3) is 5.76. The molecule has 0 radical (unpaired) electrons. The van der Waals surface area contributed by atoms with Crippen LogP contribution >= 0.6 is 0 Å². The van der Waals surface area contributed by atoms with Gasteiger partial charge in [0.15, 0.2) is 0 Å². The normalized spacial score (nSPS) is 18.4. The van der Waals surface area contributed by atoms with Gasteiger partial charge >= 0.3 is 6.18 Å². The number of benzene rings is 2. The molecule has 3 aromatic rings. The minimum atomic E-state index is -4.47. The molecule has 0 unspecified atom stereocenters. The number of carbonyl (C=O) groups excluding carboxylic acids is 1. The van der Waals surface area contributed by atoms with E-state index in [1.54, 1.807) is 0 Å². The molecular formula is C24H19F4N5O3S. The number of rotatable bonds is 6. The Morgan fingerprint density at radius 1 is 1.11 bits per heavy atom. The lowest BCUT2D eigenvalue weighted by atomic mass is 10.1. The summed E-state index contributed by atoms with van der Waals surface area (Å²) in [5, 5.41) is 11.9. The van der Waals surface area contributed by atoms with Gasteiger partial charge in [0, 0.05) is 12.1 Å². The molecule has 1 aliphatic rings. The third-order valence-electron chi connectivity index (χ3n) is 5.84. The number of hydrogen-bond acceptors (Lipinski definition) is 6. The van der Waals surface area contributed by atoms with Crippen molar-refractivity contribution in [3.63, 3.8) is 0 Å². The molecule has 8 nitrogen and oxygen atoms in total. The van der Waals surface area contributed by atoms with Crippen LogP contribution in [0.3, 0.4) is 0 Å². The van der Waals surface area contributed by atoms with Gasteiger partial charge < -0.3 is 5.32 Å². The van der Waals surface area contributed by atoms with Crippen molar-refractivity contribution < 1.29 is 30.8 Å². The van der Waals surface area contributed by atoms with Gasteiger partial charge in [-0.3, -0.25) is 4.79 Å². The van der Waals surface area contributed by atoms with E-state index in [1.165, 1.54) is 24.5 Å². The van der Waals surface area contributed by atoms with Gasteiger partial charge in [0.1, 0.15) is 18.2 Å². The maximum atomic E-state index is 13.3. The first-order chi connectivity index (χ1) is 17.5. The molecule has 37 heavy (non-hydrogen) atoms. The Labute approximate surface area is 209 Å². The number of halogens is 4. The number of alkyl halides is 3. The minimum Gasteiger partial charge on any atom is -0.349 e. The average Bonchev–Trinajstić information content (AvgIpc) is 3.33. The first-order valence-electron chi connectivity index (χ1n) is 10.9. The molecule has 1 fully saturated rings. The second-order valence-electron chi connectivity index (χ2n) is 8.29. The quantitative estimate of drug-likeness (QED) is 0.485. The number of carbonyl (C=O) groups is 1. The molecule has 2 aromatic carbocycles. The number of amides is 1. The standard InChI is InChI=1S/C24H19F4N5O3S/c25-18-5-7-20(8-6-18)37(35,36)33-13-15(11-29)9-22(33)23(34)30-12-19-10-21(32-14-31-19)16-1-3-17(4-2-16)24(26,27)28/h1-8,10,14-15,22H,9,12-13H2,(H,30,34)/t15-,22-/m0/s1. The summed E-state index contributed by atoms with van der Waals surface area (Å²) in [5.41, 5.74) is 0.275. The molecule has 0 spiro atoms. The number of nitrogens with zero attached hydrogens (tertiary/aromatic N) is 4. The summed E-state index contributed by atoms with van der Waals surface area (Å²) in [6, 6.07) is 10.9. The fourth-order valence-corrected chi connectivity index (χ4v) is 5.57. The average molecular weight is 534 g/mol. The molecule has 4 rings (SSSR count). The molecule has 2 heterocycles. The van der Waals surface area contributed by atoms with Crippen molar-refractivity contribution in [1.82, 2.24) is 19.6 Å². The predicted molar refractivity (Wildman–Crippen MR) is 122 cm³/mol. The first-order valence-corrected chi connectivity index (χ1v) is 12.4.